The van der Waals surface area contributed by atoms with E-state index < -0.39 is 35.0 Å². The lowest BCUT2D eigenvalue weighted by molar-refractivity contribution is -0.135. The molecule has 0 unspecified atom stereocenters. The van der Waals surface area contributed by atoms with Gasteiger partial charge in [0.05, 0.1) is 30.0 Å². The number of hydrogen-bond acceptors (Lipinski definition) is 6. The van der Waals surface area contributed by atoms with Gasteiger partial charge in [0, 0.05) is 23.0 Å². The molecule has 1 heterocycles. The topological polar surface area (TPSA) is 101 Å². The first kappa shape index (κ1) is 29.8. The van der Waals surface area contributed by atoms with E-state index in [1.54, 1.807) is 42.5 Å². The summed E-state index contributed by atoms with van der Waals surface area (Å²) in [4.78, 5) is 59.7. The molecule has 2 amide bonds. The molecule has 6 atom stereocenters. The Morgan fingerprint density at radius 3 is 2.12 bits per heavy atom. The minimum Gasteiger partial charge on any atom is -0.504 e. The van der Waals surface area contributed by atoms with Gasteiger partial charge in [-0.05, 0) is 54.2 Å². The lowest BCUT2D eigenvalue weighted by Crippen LogP contribution is -2.58. The van der Waals surface area contributed by atoms with Crippen LogP contribution in [0.5, 0.6) is 11.5 Å². The fraction of sp³-hybridized carbons (Fsp3) is 0.220. The molecule has 4 aromatic carbocycles. The van der Waals surface area contributed by atoms with E-state index in [1.165, 1.54) is 18.1 Å². The number of methoxy groups -OCH3 is 1. The number of Topliss-reactive ketones (excluding diaryl/α,β-unsaturated/α-hetero) is 1. The zero-order valence-electron chi connectivity index (χ0n) is 26.3. The van der Waals surface area contributed by atoms with E-state index in [1.807, 2.05) is 72.8 Å². The van der Waals surface area contributed by atoms with Crippen molar-refractivity contribution in [3.63, 3.8) is 0 Å². The van der Waals surface area contributed by atoms with Crippen molar-refractivity contribution < 1.29 is 29.0 Å². The third-order valence-corrected chi connectivity index (χ3v) is 11.0. The first-order valence-corrected chi connectivity index (χ1v) is 16.3. The predicted octanol–water partition coefficient (Wildman–Crippen LogP) is 6.43. The minimum atomic E-state index is -1.43. The largest absolute Gasteiger partial charge is 0.504 e. The number of carbonyl (C=O) groups excluding carboxylic acids is 4. The first-order chi connectivity index (χ1) is 23.4. The SMILES string of the molecule is COc1cccc([C@H]2C3=CC[C@@H]4C(=O)N(c5ccccc5)C(=O)[C@@H]4[C@@H]3C[C@H]3C(=O)C(c4ccccc4)=CC(=O)[C@@]23c2ccccc2)c1O. The Morgan fingerprint density at radius 2 is 1.44 bits per heavy atom. The van der Waals surface area contributed by atoms with Gasteiger partial charge in [-0.2, -0.15) is 0 Å². The second-order valence-electron chi connectivity index (χ2n) is 13.0. The van der Waals surface area contributed by atoms with E-state index in [0.717, 1.165) is 5.57 Å². The Morgan fingerprint density at radius 1 is 0.771 bits per heavy atom. The second-order valence-corrected chi connectivity index (χ2v) is 13.0. The van der Waals surface area contributed by atoms with Crippen LogP contribution in [0.4, 0.5) is 5.69 Å². The minimum absolute atomic E-state index is 0.124. The number of benzene rings is 4. The van der Waals surface area contributed by atoms with Crippen LogP contribution >= 0.6 is 0 Å². The van der Waals surface area contributed by atoms with Gasteiger partial charge in [-0.25, -0.2) is 0 Å². The number of ether oxygens (including phenoxy) is 1. The molecule has 0 bridgehead atoms. The second kappa shape index (κ2) is 11.3. The highest BCUT2D eigenvalue weighted by Crippen LogP contribution is 2.65. The molecule has 7 heteroatoms. The number of allylic oxidation sites excluding steroid dienone is 4. The number of para-hydroxylation sites is 2. The first-order valence-electron chi connectivity index (χ1n) is 16.3. The zero-order chi connectivity index (χ0) is 33.2. The molecule has 1 aliphatic heterocycles. The monoisotopic (exact) mass is 635 g/mol. The normalized spacial score (nSPS) is 27.9. The van der Waals surface area contributed by atoms with E-state index in [0.29, 0.717) is 34.4 Å². The summed E-state index contributed by atoms with van der Waals surface area (Å²) in [5.74, 6) is -4.47. The van der Waals surface area contributed by atoms with Crippen molar-refractivity contribution in [3.05, 3.63) is 144 Å². The van der Waals surface area contributed by atoms with Crippen LogP contribution in [-0.4, -0.2) is 35.6 Å². The van der Waals surface area contributed by atoms with Crippen LogP contribution < -0.4 is 9.64 Å². The van der Waals surface area contributed by atoms with Crippen molar-refractivity contribution in [2.75, 3.05) is 12.0 Å². The summed E-state index contributed by atoms with van der Waals surface area (Å²) in [6.45, 7) is 0. The maximum Gasteiger partial charge on any atom is 0.238 e. The van der Waals surface area contributed by atoms with E-state index in [9.17, 15) is 19.5 Å². The Hall–Kier alpha value is -5.56. The van der Waals surface area contributed by atoms with Crippen LogP contribution in [0, 0.1) is 23.7 Å². The van der Waals surface area contributed by atoms with Crippen LogP contribution in [0.15, 0.2) is 127 Å². The molecule has 0 radical (unpaired) electrons. The van der Waals surface area contributed by atoms with Crippen molar-refractivity contribution in [3.8, 4) is 11.5 Å². The Kier molecular flexibility index (Phi) is 7.02. The van der Waals surface area contributed by atoms with Crippen LogP contribution in [0.2, 0.25) is 0 Å². The number of phenols is 1. The fourth-order valence-electron chi connectivity index (χ4n) is 8.99. The number of imide groups is 1. The summed E-state index contributed by atoms with van der Waals surface area (Å²) in [5, 5.41) is 11.7. The van der Waals surface area contributed by atoms with E-state index >= 15 is 4.79 Å². The molecule has 4 aliphatic rings. The zero-order valence-corrected chi connectivity index (χ0v) is 26.3. The molecule has 48 heavy (non-hydrogen) atoms. The molecule has 0 aromatic heterocycles. The van der Waals surface area contributed by atoms with Crippen molar-refractivity contribution in [2.24, 2.45) is 23.7 Å². The molecule has 7 nitrogen and oxygen atoms in total. The number of anilines is 1. The molecular weight excluding hydrogens is 602 g/mol. The van der Waals surface area contributed by atoms with Gasteiger partial charge in [0.2, 0.25) is 11.8 Å². The van der Waals surface area contributed by atoms with Crippen molar-refractivity contribution in [2.45, 2.75) is 24.2 Å². The van der Waals surface area contributed by atoms with Gasteiger partial charge in [-0.1, -0.05) is 103 Å². The lowest BCUT2D eigenvalue weighted by atomic mass is 9.44. The van der Waals surface area contributed by atoms with E-state index in [-0.39, 0.29) is 41.3 Å². The third kappa shape index (κ3) is 4.13. The van der Waals surface area contributed by atoms with Gasteiger partial charge in [-0.15, -0.1) is 0 Å². The number of carbonyl (C=O) groups is 4. The number of nitrogens with zero attached hydrogens (tertiary/aromatic N) is 1. The van der Waals surface area contributed by atoms with E-state index in [2.05, 4.69) is 0 Å². The summed E-state index contributed by atoms with van der Waals surface area (Å²) in [5.41, 5.74) is 1.93. The van der Waals surface area contributed by atoms with Crippen LogP contribution in [-0.2, 0) is 24.6 Å². The van der Waals surface area contributed by atoms with Gasteiger partial charge in [0.15, 0.2) is 23.1 Å². The van der Waals surface area contributed by atoms with Crippen molar-refractivity contribution in [1.29, 1.82) is 0 Å². The van der Waals surface area contributed by atoms with Crippen LogP contribution in [0.1, 0.15) is 35.4 Å². The Bertz CT molecular complexity index is 2040. The molecule has 1 N–H and O–H groups in total. The molecular formula is C41H33NO6. The summed E-state index contributed by atoms with van der Waals surface area (Å²) in [7, 11) is 1.47. The van der Waals surface area contributed by atoms with Crippen LogP contribution in [0.3, 0.4) is 0 Å². The molecule has 1 saturated heterocycles. The average molecular weight is 636 g/mol. The number of phenolic OH excluding ortho intramolecular Hbond substituents is 1. The summed E-state index contributed by atoms with van der Waals surface area (Å²) in [6.07, 6.45) is 3.96. The highest BCUT2D eigenvalue weighted by molar-refractivity contribution is 6.32. The quantitative estimate of drug-likeness (QED) is 0.200. The number of rotatable bonds is 5. The van der Waals surface area contributed by atoms with Gasteiger partial charge in [-0.3, -0.25) is 24.1 Å². The number of ketones is 2. The van der Waals surface area contributed by atoms with Gasteiger partial charge in [0.1, 0.15) is 0 Å². The third-order valence-electron chi connectivity index (χ3n) is 11.0. The standard InChI is InChI=1S/C41H33NO6/c1-48-33-19-11-18-29(38(33)45)36-27-20-21-28-35(40(47)42(39(28)46)26-16-9-4-10-17-26)31(27)22-32-37(44)30(24-12-5-2-6-13-24)23-34(43)41(32,36)25-14-7-3-8-15-25/h2-20,23,28,31-32,35-36,45H,21-22H2,1H3/t28-,31+,32-,35-,36+,41-/m0/s1. The molecule has 4 aromatic rings. The van der Waals surface area contributed by atoms with Crippen molar-refractivity contribution >= 4 is 34.6 Å². The summed E-state index contributed by atoms with van der Waals surface area (Å²) >= 11 is 0. The highest BCUT2D eigenvalue weighted by Gasteiger charge is 2.66. The van der Waals surface area contributed by atoms with Gasteiger partial charge < -0.3 is 9.84 Å². The van der Waals surface area contributed by atoms with Gasteiger partial charge in [0.25, 0.3) is 0 Å². The molecule has 8 rings (SSSR count). The highest BCUT2D eigenvalue weighted by atomic mass is 16.5. The molecule has 1 saturated carbocycles. The molecule has 0 spiro atoms. The Balaban J connectivity index is 1.39. The number of fused-ring (bicyclic) bond motifs is 4. The molecule has 2 fully saturated rings. The lowest BCUT2D eigenvalue weighted by Gasteiger charge is -2.55. The number of amides is 2. The van der Waals surface area contributed by atoms with Crippen LogP contribution in [0.25, 0.3) is 5.57 Å². The molecule has 238 valence electrons. The maximum absolute atomic E-state index is 15.1. The molecule has 3 aliphatic carbocycles. The maximum atomic E-state index is 15.1. The fourth-order valence-corrected chi connectivity index (χ4v) is 8.99. The number of hydrogen-bond donors (Lipinski definition) is 1. The summed E-state index contributed by atoms with van der Waals surface area (Å²) < 4.78 is 5.53. The average Bonchev–Trinajstić information content (AvgIpc) is 3.39. The smallest absolute Gasteiger partial charge is 0.238 e. The number of aromatic hydroxyl groups is 1. The van der Waals surface area contributed by atoms with Crippen molar-refractivity contribution in [1.82, 2.24) is 0 Å². The predicted molar refractivity (Wildman–Crippen MR) is 180 cm³/mol. The summed E-state index contributed by atoms with van der Waals surface area (Å²) in [6, 6.07) is 32.6. The van der Waals surface area contributed by atoms with E-state index in [4.69, 9.17) is 4.74 Å². The van der Waals surface area contributed by atoms with Gasteiger partial charge >= 0.3 is 0 Å². The Labute approximate surface area is 278 Å².